The molecule has 4 heteroatoms. The van der Waals surface area contributed by atoms with E-state index in [2.05, 4.69) is 4.57 Å². The fourth-order valence-corrected chi connectivity index (χ4v) is 4.03. The highest BCUT2D eigenvalue weighted by Crippen LogP contribution is 2.32. The molecule has 0 fully saturated rings. The van der Waals surface area contributed by atoms with Crippen LogP contribution in [0.2, 0.25) is 0 Å². The molecule has 146 valence electrons. The van der Waals surface area contributed by atoms with Gasteiger partial charge in [-0.3, -0.25) is 9.59 Å². The number of nitrogens with zero attached hydrogens (tertiary/aromatic N) is 1. The van der Waals surface area contributed by atoms with Gasteiger partial charge in [0.2, 0.25) is 0 Å². The molecular weight excluding hydrogens is 382 g/mol. The Morgan fingerprint density at radius 3 is 2.14 bits per heavy atom. The first-order chi connectivity index (χ1) is 14.0. The summed E-state index contributed by atoms with van der Waals surface area (Å²) in [6.07, 6.45) is 0.846. The lowest BCUT2D eigenvalue weighted by Gasteiger charge is -2.07. The van der Waals surface area contributed by atoms with Gasteiger partial charge in [-0.25, -0.2) is 0 Å². The van der Waals surface area contributed by atoms with Crippen molar-refractivity contribution in [2.75, 3.05) is 5.88 Å². The molecule has 1 heterocycles. The van der Waals surface area contributed by atoms with Crippen LogP contribution in [0, 0.1) is 6.92 Å². The first kappa shape index (κ1) is 19.4. The first-order valence-corrected chi connectivity index (χ1v) is 10.3. The van der Waals surface area contributed by atoms with Crippen LogP contribution in [0.5, 0.6) is 0 Å². The molecule has 1 aromatic heterocycles. The molecular formula is C25H22ClNO2. The summed E-state index contributed by atoms with van der Waals surface area (Å²) in [6, 6.07) is 19.2. The molecule has 0 saturated carbocycles. The van der Waals surface area contributed by atoms with E-state index in [1.54, 1.807) is 6.92 Å². The number of aromatic nitrogens is 1. The van der Waals surface area contributed by atoms with Gasteiger partial charge in [0, 0.05) is 50.9 Å². The van der Waals surface area contributed by atoms with Gasteiger partial charge < -0.3 is 4.57 Å². The Kier molecular flexibility index (Phi) is 5.25. The lowest BCUT2D eigenvalue weighted by atomic mass is 9.97. The van der Waals surface area contributed by atoms with Crippen molar-refractivity contribution in [2.45, 2.75) is 26.8 Å². The average molecular weight is 404 g/mol. The second-order valence-corrected chi connectivity index (χ2v) is 7.74. The minimum atomic E-state index is 0.00869. The number of aryl methyl sites for hydroxylation is 2. The maximum Gasteiger partial charge on any atom is 0.193 e. The van der Waals surface area contributed by atoms with Gasteiger partial charge in [0.25, 0.3) is 0 Å². The van der Waals surface area contributed by atoms with Gasteiger partial charge in [0.15, 0.2) is 11.6 Å². The van der Waals surface area contributed by atoms with Crippen LogP contribution in [0.15, 0.2) is 60.7 Å². The quantitative estimate of drug-likeness (QED) is 0.285. The molecule has 3 nitrogen and oxygen atoms in total. The highest BCUT2D eigenvalue weighted by Gasteiger charge is 2.16. The standard InChI is InChI=1S/C25H22ClNO2/c1-16-6-3-4-7-20(16)25(29)19-9-11-24-22(15-19)21-14-18(17(2)28)8-10-23(21)27(24)13-5-12-26/h3-4,6-11,14-15H,5,12-13H2,1-2H3. The van der Waals surface area contributed by atoms with Crippen LogP contribution < -0.4 is 0 Å². The molecule has 0 amide bonds. The van der Waals surface area contributed by atoms with Crippen molar-refractivity contribution in [3.8, 4) is 0 Å². The number of carbonyl (C=O) groups excluding carboxylic acids is 2. The van der Waals surface area contributed by atoms with Crippen LogP contribution in [0.4, 0.5) is 0 Å². The molecule has 4 aromatic rings. The SMILES string of the molecule is CC(=O)c1ccc2c(c1)c1cc(C(=O)c3ccccc3C)ccc1n2CCCCl. The van der Waals surface area contributed by atoms with Crippen molar-refractivity contribution >= 4 is 45.0 Å². The maximum atomic E-state index is 13.1. The van der Waals surface area contributed by atoms with Gasteiger partial charge in [-0.2, -0.15) is 0 Å². The van der Waals surface area contributed by atoms with E-state index >= 15 is 0 Å². The van der Waals surface area contributed by atoms with Gasteiger partial charge in [0.1, 0.15) is 0 Å². The Labute approximate surface area is 174 Å². The van der Waals surface area contributed by atoms with Gasteiger partial charge in [-0.15, -0.1) is 11.6 Å². The smallest absolute Gasteiger partial charge is 0.193 e. The number of fused-ring (bicyclic) bond motifs is 3. The van der Waals surface area contributed by atoms with Crippen LogP contribution in [0.1, 0.15) is 45.2 Å². The Morgan fingerprint density at radius 1 is 0.897 bits per heavy atom. The van der Waals surface area contributed by atoms with Crippen LogP contribution in [0.3, 0.4) is 0 Å². The van der Waals surface area contributed by atoms with E-state index in [1.807, 2.05) is 67.6 Å². The summed E-state index contributed by atoms with van der Waals surface area (Å²) < 4.78 is 2.22. The Morgan fingerprint density at radius 2 is 1.52 bits per heavy atom. The van der Waals surface area contributed by atoms with Crippen LogP contribution >= 0.6 is 11.6 Å². The van der Waals surface area contributed by atoms with Crippen molar-refractivity contribution in [3.63, 3.8) is 0 Å². The predicted molar refractivity (Wildman–Crippen MR) is 119 cm³/mol. The Hall–Kier alpha value is -2.91. The number of hydrogen-bond acceptors (Lipinski definition) is 2. The van der Waals surface area contributed by atoms with Gasteiger partial charge in [-0.05, 0) is 62.2 Å². The molecule has 3 aromatic carbocycles. The Bertz CT molecular complexity index is 1250. The number of hydrogen-bond donors (Lipinski definition) is 0. The summed E-state index contributed by atoms with van der Waals surface area (Å²) >= 11 is 5.93. The number of ketones is 2. The number of benzene rings is 3. The van der Waals surface area contributed by atoms with Crippen molar-refractivity contribution in [2.24, 2.45) is 0 Å². The summed E-state index contributed by atoms with van der Waals surface area (Å²) in [7, 11) is 0. The molecule has 0 N–H and O–H groups in total. The second kappa shape index (κ2) is 7.84. The third kappa shape index (κ3) is 3.47. The molecule has 0 atom stereocenters. The number of rotatable bonds is 6. The van der Waals surface area contributed by atoms with Crippen molar-refractivity contribution in [1.82, 2.24) is 4.57 Å². The fraction of sp³-hybridized carbons (Fsp3) is 0.200. The van der Waals surface area contributed by atoms with E-state index in [0.29, 0.717) is 22.6 Å². The largest absolute Gasteiger partial charge is 0.340 e. The number of Topliss-reactive ketones (excluding diaryl/α,β-unsaturated/α-hetero) is 1. The lowest BCUT2D eigenvalue weighted by molar-refractivity contribution is 0.101. The minimum Gasteiger partial charge on any atom is -0.340 e. The highest BCUT2D eigenvalue weighted by atomic mass is 35.5. The highest BCUT2D eigenvalue weighted by molar-refractivity contribution is 6.18. The molecule has 0 bridgehead atoms. The van der Waals surface area contributed by atoms with Crippen molar-refractivity contribution < 1.29 is 9.59 Å². The van der Waals surface area contributed by atoms with Gasteiger partial charge >= 0.3 is 0 Å². The van der Waals surface area contributed by atoms with Crippen LogP contribution in [-0.2, 0) is 6.54 Å². The topological polar surface area (TPSA) is 39.1 Å². The Balaban J connectivity index is 1.94. The molecule has 4 rings (SSSR count). The monoisotopic (exact) mass is 403 g/mol. The summed E-state index contributed by atoms with van der Waals surface area (Å²) in [5.41, 5.74) is 5.09. The third-order valence-electron chi connectivity index (χ3n) is 5.44. The van der Waals surface area contributed by atoms with E-state index in [0.717, 1.165) is 40.3 Å². The zero-order valence-electron chi connectivity index (χ0n) is 16.5. The zero-order valence-corrected chi connectivity index (χ0v) is 17.3. The van der Waals surface area contributed by atoms with Gasteiger partial charge in [-0.1, -0.05) is 24.3 Å². The molecule has 0 radical (unpaired) electrons. The van der Waals surface area contributed by atoms with Crippen LogP contribution in [-0.4, -0.2) is 22.0 Å². The molecule has 0 saturated heterocycles. The second-order valence-electron chi connectivity index (χ2n) is 7.36. The summed E-state index contributed by atoms with van der Waals surface area (Å²) in [5.74, 6) is 0.617. The summed E-state index contributed by atoms with van der Waals surface area (Å²) in [6.45, 7) is 4.30. The fourth-order valence-electron chi connectivity index (χ4n) is 3.91. The molecule has 0 aliphatic carbocycles. The number of halogens is 1. The minimum absolute atomic E-state index is 0.00869. The molecule has 0 aliphatic heterocycles. The van der Waals surface area contributed by atoms with Crippen molar-refractivity contribution in [3.05, 3.63) is 82.9 Å². The lowest BCUT2D eigenvalue weighted by Crippen LogP contribution is -2.03. The summed E-state index contributed by atoms with van der Waals surface area (Å²) in [5, 5.41) is 1.97. The van der Waals surface area contributed by atoms with E-state index in [9.17, 15) is 9.59 Å². The van der Waals surface area contributed by atoms with Crippen LogP contribution in [0.25, 0.3) is 21.8 Å². The van der Waals surface area contributed by atoms with E-state index in [1.165, 1.54) is 0 Å². The maximum absolute atomic E-state index is 13.1. The number of carbonyl (C=O) groups is 2. The molecule has 0 spiro atoms. The third-order valence-corrected chi connectivity index (χ3v) is 5.71. The average Bonchev–Trinajstić information content (AvgIpc) is 3.04. The number of alkyl halides is 1. The normalized spacial score (nSPS) is 11.3. The van der Waals surface area contributed by atoms with E-state index in [4.69, 9.17) is 11.6 Å². The first-order valence-electron chi connectivity index (χ1n) is 9.74. The molecule has 0 unspecified atom stereocenters. The van der Waals surface area contributed by atoms with Crippen molar-refractivity contribution in [1.29, 1.82) is 0 Å². The predicted octanol–water partition coefficient (Wildman–Crippen LogP) is 6.17. The van der Waals surface area contributed by atoms with Gasteiger partial charge in [0.05, 0.1) is 0 Å². The molecule has 29 heavy (non-hydrogen) atoms. The molecule has 0 aliphatic rings. The van der Waals surface area contributed by atoms with E-state index in [-0.39, 0.29) is 11.6 Å². The van der Waals surface area contributed by atoms with E-state index < -0.39 is 0 Å². The zero-order chi connectivity index (χ0) is 20.5. The summed E-state index contributed by atoms with van der Waals surface area (Å²) in [4.78, 5) is 25.0.